The fourth-order valence-electron chi connectivity index (χ4n) is 3.12. The number of amides is 1. The maximum absolute atomic E-state index is 13.3. The van der Waals surface area contributed by atoms with E-state index in [4.69, 9.17) is 10.5 Å². The zero-order valence-electron chi connectivity index (χ0n) is 19.1. The van der Waals surface area contributed by atoms with Gasteiger partial charge in [0.25, 0.3) is 0 Å². The van der Waals surface area contributed by atoms with E-state index < -0.39 is 21.7 Å². The lowest BCUT2D eigenvalue weighted by Gasteiger charge is -2.08. The van der Waals surface area contributed by atoms with E-state index in [1.807, 2.05) is 13.8 Å². The Morgan fingerprint density at radius 3 is 2.32 bits per heavy atom. The number of carbonyl (C=O) groups is 2. The Bertz CT molecular complexity index is 1280. The van der Waals surface area contributed by atoms with Crippen molar-refractivity contribution < 1.29 is 22.7 Å². The molecular weight excluding hydrogens is 476 g/mol. The minimum absolute atomic E-state index is 0.102. The number of nitrogen functional groups attached to an aromatic ring is 1. The lowest BCUT2D eigenvalue weighted by Crippen LogP contribution is -2.21. The van der Waals surface area contributed by atoms with Gasteiger partial charge in [0.15, 0.2) is 0 Å². The topological polar surface area (TPSA) is 133 Å². The molecule has 1 aromatic heterocycles. The van der Waals surface area contributed by atoms with Gasteiger partial charge in [-0.3, -0.25) is 4.79 Å². The third-order valence-electron chi connectivity index (χ3n) is 4.77. The second-order valence-electron chi connectivity index (χ2n) is 7.27. The molecule has 9 nitrogen and oxygen atoms in total. The van der Waals surface area contributed by atoms with Crippen LogP contribution >= 0.6 is 11.8 Å². The van der Waals surface area contributed by atoms with E-state index in [9.17, 15) is 18.0 Å². The summed E-state index contributed by atoms with van der Waals surface area (Å²) in [4.78, 5) is 24.4. The average Bonchev–Trinajstić information content (AvgIpc) is 3.10. The first kappa shape index (κ1) is 25.3. The molecule has 11 heteroatoms. The van der Waals surface area contributed by atoms with Crippen molar-refractivity contribution in [1.82, 2.24) is 9.78 Å². The number of aryl methyl sites for hydroxylation is 1. The first-order valence-corrected chi connectivity index (χ1v) is 13.0. The highest BCUT2D eigenvalue weighted by atomic mass is 32.2. The Labute approximate surface area is 202 Å². The van der Waals surface area contributed by atoms with E-state index in [1.165, 1.54) is 40.7 Å². The molecule has 0 fully saturated rings. The van der Waals surface area contributed by atoms with Crippen molar-refractivity contribution in [3.63, 3.8) is 0 Å². The Morgan fingerprint density at radius 1 is 1.09 bits per heavy atom. The number of aromatic nitrogens is 2. The smallest absolute Gasteiger partial charge is 0.338 e. The third kappa shape index (κ3) is 5.60. The molecule has 0 spiro atoms. The van der Waals surface area contributed by atoms with E-state index in [2.05, 4.69) is 10.4 Å². The predicted octanol–water partition coefficient (Wildman–Crippen LogP) is 3.53. The molecule has 0 radical (unpaired) electrons. The summed E-state index contributed by atoms with van der Waals surface area (Å²) in [5, 5.41) is 7.23. The molecule has 1 amide bonds. The number of nitrogens with two attached hydrogens (primary N) is 1. The number of benzene rings is 2. The van der Waals surface area contributed by atoms with Crippen LogP contribution in [0.2, 0.25) is 0 Å². The maximum Gasteiger partial charge on any atom is 0.338 e. The quantitative estimate of drug-likeness (QED) is 0.335. The Kier molecular flexibility index (Phi) is 8.00. The lowest BCUT2D eigenvalue weighted by molar-refractivity contribution is -0.116. The number of ether oxygens (including phenoxy) is 1. The third-order valence-corrected chi connectivity index (χ3v) is 7.58. The SMILES string of the molecule is CCOC(=O)c1ccc(NC(=O)Cn2nc(SCC)c(S(=O)(=O)c3ccc(C)cc3)c2N)cc1. The van der Waals surface area contributed by atoms with E-state index in [1.54, 1.807) is 31.2 Å². The van der Waals surface area contributed by atoms with Crippen LogP contribution in [0.15, 0.2) is 63.3 Å². The normalized spacial score (nSPS) is 11.3. The highest BCUT2D eigenvalue weighted by molar-refractivity contribution is 8.00. The van der Waals surface area contributed by atoms with Crippen LogP contribution in [0.4, 0.5) is 11.5 Å². The zero-order chi connectivity index (χ0) is 24.9. The van der Waals surface area contributed by atoms with Crippen LogP contribution in [0.25, 0.3) is 0 Å². The zero-order valence-corrected chi connectivity index (χ0v) is 20.7. The van der Waals surface area contributed by atoms with Gasteiger partial charge in [0, 0.05) is 5.69 Å². The molecule has 0 aliphatic carbocycles. The van der Waals surface area contributed by atoms with Gasteiger partial charge >= 0.3 is 5.97 Å². The molecule has 2 aromatic carbocycles. The summed E-state index contributed by atoms with van der Waals surface area (Å²) in [7, 11) is -3.94. The number of nitrogens with zero attached hydrogens (tertiary/aromatic N) is 2. The maximum atomic E-state index is 13.3. The van der Waals surface area contributed by atoms with E-state index in [0.717, 1.165) is 5.56 Å². The number of hydrogen-bond acceptors (Lipinski definition) is 8. The summed E-state index contributed by atoms with van der Waals surface area (Å²) in [5.74, 6) is -0.436. The number of sulfone groups is 1. The molecule has 3 N–H and O–H groups in total. The summed E-state index contributed by atoms with van der Waals surface area (Å²) in [5.41, 5.74) is 7.94. The van der Waals surface area contributed by atoms with Crippen molar-refractivity contribution in [3.05, 3.63) is 59.7 Å². The Morgan fingerprint density at radius 2 is 1.74 bits per heavy atom. The van der Waals surface area contributed by atoms with Gasteiger partial charge < -0.3 is 15.8 Å². The molecule has 0 aliphatic rings. The van der Waals surface area contributed by atoms with Crippen LogP contribution in [0.5, 0.6) is 0 Å². The van der Waals surface area contributed by atoms with Crippen LogP contribution in [-0.4, -0.2) is 42.4 Å². The monoisotopic (exact) mass is 502 g/mol. The van der Waals surface area contributed by atoms with E-state index >= 15 is 0 Å². The summed E-state index contributed by atoms with van der Waals surface area (Å²) >= 11 is 1.23. The number of hydrogen-bond donors (Lipinski definition) is 2. The Hall–Kier alpha value is -3.31. The molecule has 3 aromatic rings. The molecule has 3 rings (SSSR count). The van der Waals surface area contributed by atoms with Gasteiger partial charge in [0.1, 0.15) is 22.3 Å². The van der Waals surface area contributed by atoms with Gasteiger partial charge in [0.2, 0.25) is 15.7 Å². The number of carbonyl (C=O) groups excluding carboxylic acids is 2. The molecule has 34 heavy (non-hydrogen) atoms. The largest absolute Gasteiger partial charge is 0.462 e. The molecule has 0 saturated heterocycles. The van der Waals surface area contributed by atoms with Gasteiger partial charge in [-0.2, -0.15) is 5.10 Å². The molecule has 0 unspecified atom stereocenters. The van der Waals surface area contributed by atoms with Gasteiger partial charge in [0.05, 0.1) is 17.1 Å². The molecule has 0 saturated carbocycles. The fraction of sp³-hybridized carbons (Fsp3) is 0.261. The second kappa shape index (κ2) is 10.7. The standard InChI is InChI=1S/C23H26N4O5S2/c1-4-32-23(29)16-8-10-17(11-9-16)25-19(28)14-27-21(24)20(22(26-27)33-5-2)34(30,31)18-12-6-15(3)7-13-18/h6-13H,4-5,14,24H2,1-3H3,(H,25,28). The minimum Gasteiger partial charge on any atom is -0.462 e. The lowest BCUT2D eigenvalue weighted by atomic mass is 10.2. The molecule has 1 heterocycles. The number of nitrogens with one attached hydrogen (secondary N) is 1. The van der Waals surface area contributed by atoms with Crippen molar-refractivity contribution in [2.45, 2.75) is 42.1 Å². The average molecular weight is 503 g/mol. The first-order valence-electron chi connectivity index (χ1n) is 10.5. The Balaban J connectivity index is 1.83. The van der Waals surface area contributed by atoms with Gasteiger partial charge in [-0.15, -0.1) is 11.8 Å². The van der Waals surface area contributed by atoms with Crippen molar-refractivity contribution in [1.29, 1.82) is 0 Å². The van der Waals surface area contributed by atoms with Crippen molar-refractivity contribution in [2.24, 2.45) is 0 Å². The molecule has 0 atom stereocenters. The van der Waals surface area contributed by atoms with Crippen molar-refractivity contribution in [3.8, 4) is 0 Å². The van der Waals surface area contributed by atoms with Crippen LogP contribution in [-0.2, 0) is 25.9 Å². The highest BCUT2D eigenvalue weighted by Gasteiger charge is 2.30. The van der Waals surface area contributed by atoms with Crippen molar-refractivity contribution >= 4 is 45.0 Å². The summed E-state index contributed by atoms with van der Waals surface area (Å²) in [6, 6.07) is 12.7. The van der Waals surface area contributed by atoms with Crippen LogP contribution in [0.1, 0.15) is 29.8 Å². The summed E-state index contributed by atoms with van der Waals surface area (Å²) in [6.45, 7) is 5.43. The van der Waals surface area contributed by atoms with E-state index in [-0.39, 0.29) is 33.8 Å². The van der Waals surface area contributed by atoms with Gasteiger partial charge in [-0.1, -0.05) is 24.6 Å². The second-order valence-corrected chi connectivity index (χ2v) is 10.4. The number of esters is 1. The summed E-state index contributed by atoms with van der Waals surface area (Å²) in [6.07, 6.45) is 0. The highest BCUT2D eigenvalue weighted by Crippen LogP contribution is 2.35. The van der Waals surface area contributed by atoms with E-state index in [0.29, 0.717) is 17.0 Å². The fourth-order valence-corrected chi connectivity index (χ4v) is 5.67. The first-order chi connectivity index (χ1) is 16.2. The van der Waals surface area contributed by atoms with Gasteiger partial charge in [-0.25, -0.2) is 17.9 Å². The van der Waals surface area contributed by atoms with Crippen LogP contribution in [0.3, 0.4) is 0 Å². The number of anilines is 2. The predicted molar refractivity (Wildman–Crippen MR) is 131 cm³/mol. The number of thioether (sulfide) groups is 1. The molecule has 0 bridgehead atoms. The summed E-state index contributed by atoms with van der Waals surface area (Å²) < 4.78 is 32.7. The van der Waals surface area contributed by atoms with Crippen LogP contribution in [0, 0.1) is 6.92 Å². The molecule has 0 aliphatic heterocycles. The number of rotatable bonds is 9. The molecule has 180 valence electrons. The van der Waals surface area contributed by atoms with Gasteiger partial charge in [-0.05, 0) is 56.0 Å². The van der Waals surface area contributed by atoms with Crippen molar-refractivity contribution in [2.75, 3.05) is 23.4 Å². The minimum atomic E-state index is -3.94. The van der Waals surface area contributed by atoms with Crippen LogP contribution < -0.4 is 11.1 Å². The molecular formula is C23H26N4O5S2.